The standard InChI is InChI=1S/C31H32F3N5O3/c1-2-16-37(30(42)35-18-22-10-5-3-6-11-22)38-21-27(40)39-26(38)20-36(29(41)28(39)24-13-7-4-8-14-24)19-23-12-9-15-25(17-23)31(32,33)34/h3-15,17,26,28H,2,16,18-21H2,1H3,(H,35,42)/t26-,28+/m1/s1. The van der Waals surface area contributed by atoms with Crippen LogP contribution in [0.1, 0.15) is 41.6 Å². The normalized spacial score (nSPS) is 19.1. The first-order valence-electron chi connectivity index (χ1n) is 13.8. The quantitative estimate of drug-likeness (QED) is 0.416. The van der Waals surface area contributed by atoms with Gasteiger partial charge in [-0.15, -0.1) is 0 Å². The molecule has 0 saturated carbocycles. The Morgan fingerprint density at radius 3 is 2.29 bits per heavy atom. The van der Waals surface area contributed by atoms with Gasteiger partial charge >= 0.3 is 12.2 Å². The summed E-state index contributed by atoms with van der Waals surface area (Å²) in [7, 11) is 0. The van der Waals surface area contributed by atoms with Crippen LogP contribution in [0.3, 0.4) is 0 Å². The van der Waals surface area contributed by atoms with Gasteiger partial charge in [-0.1, -0.05) is 79.7 Å². The predicted octanol–water partition coefficient (Wildman–Crippen LogP) is 4.80. The van der Waals surface area contributed by atoms with E-state index in [1.54, 1.807) is 41.4 Å². The van der Waals surface area contributed by atoms with Crippen LogP contribution in [-0.2, 0) is 28.9 Å². The number of carbonyl (C=O) groups excluding carboxylic acids is 3. The number of nitrogens with zero attached hydrogens (tertiary/aromatic N) is 4. The summed E-state index contributed by atoms with van der Waals surface area (Å²) < 4.78 is 40.2. The van der Waals surface area contributed by atoms with Crippen LogP contribution in [0.15, 0.2) is 84.9 Å². The van der Waals surface area contributed by atoms with E-state index in [2.05, 4.69) is 5.32 Å². The molecule has 2 saturated heterocycles. The number of hydrogen-bond acceptors (Lipinski definition) is 4. The molecule has 2 aliphatic heterocycles. The molecular weight excluding hydrogens is 547 g/mol. The number of piperazine rings is 1. The van der Waals surface area contributed by atoms with Crippen LogP contribution < -0.4 is 5.32 Å². The molecule has 2 fully saturated rings. The monoisotopic (exact) mass is 579 g/mol. The highest BCUT2D eigenvalue weighted by Crippen LogP contribution is 2.37. The van der Waals surface area contributed by atoms with Gasteiger partial charge in [-0.05, 0) is 35.2 Å². The Hall–Kier alpha value is -4.38. The minimum absolute atomic E-state index is 0.0241. The van der Waals surface area contributed by atoms with Gasteiger partial charge in [0.05, 0.1) is 18.7 Å². The zero-order valence-electron chi connectivity index (χ0n) is 23.1. The second kappa shape index (κ2) is 12.2. The van der Waals surface area contributed by atoms with E-state index in [-0.39, 0.29) is 37.5 Å². The summed E-state index contributed by atoms with van der Waals surface area (Å²) in [5.41, 5.74) is 1.03. The second-order valence-electron chi connectivity index (χ2n) is 10.4. The van der Waals surface area contributed by atoms with Crippen molar-refractivity contribution in [1.29, 1.82) is 0 Å². The lowest BCUT2D eigenvalue weighted by Crippen LogP contribution is -2.62. The Kier molecular flexibility index (Phi) is 8.49. The summed E-state index contributed by atoms with van der Waals surface area (Å²) in [6.07, 6.45) is -4.60. The third-order valence-electron chi connectivity index (χ3n) is 7.47. The van der Waals surface area contributed by atoms with E-state index in [1.807, 2.05) is 37.3 Å². The molecule has 2 aliphatic rings. The summed E-state index contributed by atoms with van der Waals surface area (Å²) >= 11 is 0. The molecule has 0 bridgehead atoms. The Labute approximate surface area is 242 Å². The third-order valence-corrected chi connectivity index (χ3v) is 7.47. The molecule has 0 spiro atoms. The number of carbonyl (C=O) groups is 3. The minimum Gasteiger partial charge on any atom is -0.333 e. The number of alkyl halides is 3. The van der Waals surface area contributed by atoms with E-state index in [0.29, 0.717) is 30.6 Å². The summed E-state index contributed by atoms with van der Waals surface area (Å²) in [6.45, 7) is 2.38. The van der Waals surface area contributed by atoms with Crippen LogP contribution in [-0.4, -0.2) is 63.5 Å². The first-order chi connectivity index (χ1) is 20.2. The number of urea groups is 1. The molecule has 0 unspecified atom stereocenters. The molecule has 5 rings (SSSR count). The average Bonchev–Trinajstić information content (AvgIpc) is 3.30. The fraction of sp³-hybridized carbons (Fsp3) is 0.323. The topological polar surface area (TPSA) is 76.2 Å². The van der Waals surface area contributed by atoms with Crippen molar-refractivity contribution in [3.05, 3.63) is 107 Å². The van der Waals surface area contributed by atoms with Gasteiger partial charge in [-0.25, -0.2) is 4.79 Å². The van der Waals surface area contributed by atoms with Gasteiger partial charge in [0.2, 0.25) is 5.91 Å². The fourth-order valence-electron chi connectivity index (χ4n) is 5.53. The van der Waals surface area contributed by atoms with Gasteiger partial charge in [-0.2, -0.15) is 18.2 Å². The van der Waals surface area contributed by atoms with Crippen LogP contribution in [0.4, 0.5) is 18.0 Å². The summed E-state index contributed by atoms with van der Waals surface area (Å²) in [6, 6.07) is 21.8. The van der Waals surface area contributed by atoms with Crippen molar-refractivity contribution in [3.63, 3.8) is 0 Å². The Bertz CT molecular complexity index is 1420. The van der Waals surface area contributed by atoms with Crippen LogP contribution in [0.2, 0.25) is 0 Å². The number of hydrogen-bond donors (Lipinski definition) is 1. The van der Waals surface area contributed by atoms with Crippen molar-refractivity contribution < 1.29 is 27.6 Å². The van der Waals surface area contributed by atoms with Gasteiger partial charge in [0, 0.05) is 19.6 Å². The third kappa shape index (κ3) is 6.11. The maximum atomic E-state index is 13.9. The van der Waals surface area contributed by atoms with Crippen LogP contribution in [0.5, 0.6) is 0 Å². The molecule has 2 atom stereocenters. The van der Waals surface area contributed by atoms with E-state index in [1.165, 1.54) is 20.9 Å². The molecule has 2 heterocycles. The Morgan fingerprint density at radius 1 is 0.952 bits per heavy atom. The zero-order chi connectivity index (χ0) is 29.9. The molecule has 8 nitrogen and oxygen atoms in total. The number of nitrogens with one attached hydrogen (secondary N) is 1. The van der Waals surface area contributed by atoms with E-state index in [9.17, 15) is 27.6 Å². The summed E-state index contributed by atoms with van der Waals surface area (Å²) in [5.74, 6) is -0.696. The van der Waals surface area contributed by atoms with E-state index in [0.717, 1.165) is 17.7 Å². The Balaban J connectivity index is 1.46. The predicted molar refractivity (Wildman–Crippen MR) is 149 cm³/mol. The van der Waals surface area contributed by atoms with Gasteiger partial charge in [0.15, 0.2) is 0 Å². The number of rotatable bonds is 8. The van der Waals surface area contributed by atoms with Crippen LogP contribution >= 0.6 is 0 Å². The summed E-state index contributed by atoms with van der Waals surface area (Å²) in [5, 5.41) is 6.10. The number of benzene rings is 3. The van der Waals surface area contributed by atoms with Crippen molar-refractivity contribution in [2.24, 2.45) is 0 Å². The van der Waals surface area contributed by atoms with E-state index < -0.39 is 23.9 Å². The lowest BCUT2D eigenvalue weighted by atomic mass is 10.00. The molecule has 42 heavy (non-hydrogen) atoms. The van der Waals surface area contributed by atoms with Crippen molar-refractivity contribution in [2.45, 2.75) is 44.8 Å². The van der Waals surface area contributed by atoms with Crippen LogP contribution in [0, 0.1) is 0 Å². The highest BCUT2D eigenvalue weighted by atomic mass is 19.4. The number of amides is 4. The molecule has 0 aliphatic carbocycles. The summed E-state index contributed by atoms with van der Waals surface area (Å²) in [4.78, 5) is 43.8. The van der Waals surface area contributed by atoms with Crippen molar-refractivity contribution in [2.75, 3.05) is 19.6 Å². The first-order valence-corrected chi connectivity index (χ1v) is 13.8. The first kappa shape index (κ1) is 29.1. The van der Waals surface area contributed by atoms with Crippen molar-refractivity contribution in [1.82, 2.24) is 25.1 Å². The molecule has 1 N–H and O–H groups in total. The molecule has 3 aromatic rings. The Morgan fingerprint density at radius 2 is 1.62 bits per heavy atom. The van der Waals surface area contributed by atoms with Crippen molar-refractivity contribution in [3.8, 4) is 0 Å². The van der Waals surface area contributed by atoms with Gasteiger partial charge in [0.1, 0.15) is 12.2 Å². The van der Waals surface area contributed by atoms with E-state index >= 15 is 0 Å². The van der Waals surface area contributed by atoms with Gasteiger partial charge in [0.25, 0.3) is 5.91 Å². The minimum atomic E-state index is -4.52. The molecular formula is C31H32F3N5O3. The lowest BCUT2D eigenvalue weighted by molar-refractivity contribution is -0.158. The molecule has 11 heteroatoms. The smallest absolute Gasteiger partial charge is 0.333 e. The zero-order valence-corrected chi connectivity index (χ0v) is 23.1. The second-order valence-corrected chi connectivity index (χ2v) is 10.4. The van der Waals surface area contributed by atoms with E-state index in [4.69, 9.17) is 0 Å². The molecule has 0 aromatic heterocycles. The number of hydrazine groups is 1. The van der Waals surface area contributed by atoms with Crippen LogP contribution in [0.25, 0.3) is 0 Å². The molecule has 220 valence electrons. The number of halogens is 3. The largest absolute Gasteiger partial charge is 0.416 e. The lowest BCUT2D eigenvalue weighted by Gasteiger charge is -2.46. The fourth-order valence-corrected chi connectivity index (χ4v) is 5.53. The number of fused-ring (bicyclic) bond motifs is 1. The molecule has 0 radical (unpaired) electrons. The highest BCUT2D eigenvalue weighted by Gasteiger charge is 2.52. The average molecular weight is 580 g/mol. The maximum Gasteiger partial charge on any atom is 0.416 e. The van der Waals surface area contributed by atoms with Gasteiger partial charge in [-0.3, -0.25) is 14.6 Å². The highest BCUT2D eigenvalue weighted by molar-refractivity contribution is 5.92. The van der Waals surface area contributed by atoms with Crippen molar-refractivity contribution >= 4 is 17.8 Å². The SMILES string of the molecule is CCCN(C(=O)NCc1ccccc1)N1CC(=O)N2[C@@H](c3ccccc3)C(=O)N(Cc3cccc(C(F)(F)F)c3)C[C@@H]21. The molecule has 3 aromatic carbocycles. The molecule has 4 amide bonds. The van der Waals surface area contributed by atoms with Gasteiger partial charge < -0.3 is 15.1 Å². The maximum absolute atomic E-state index is 13.9.